The van der Waals surface area contributed by atoms with Gasteiger partial charge in [0.1, 0.15) is 5.76 Å². The molecule has 2 aromatic rings. The predicted molar refractivity (Wildman–Crippen MR) is 74.6 cm³/mol. The number of aryl methyl sites for hydroxylation is 1. The number of aromatic nitrogens is 1. The van der Waals surface area contributed by atoms with Crippen molar-refractivity contribution in [3.63, 3.8) is 0 Å². The fraction of sp³-hybridized carbons (Fsp3) is 0.308. The van der Waals surface area contributed by atoms with Crippen molar-refractivity contribution in [2.75, 3.05) is 0 Å². The topological polar surface area (TPSA) is 81.2 Å². The Morgan fingerprint density at radius 2 is 2.30 bits per heavy atom. The molecule has 0 saturated heterocycles. The third-order valence-electron chi connectivity index (χ3n) is 2.86. The van der Waals surface area contributed by atoms with E-state index in [-0.39, 0.29) is 11.7 Å². The number of non-ortho nitro benzene ring substituents is 1. The lowest BCUT2D eigenvalue weighted by molar-refractivity contribution is -0.384. The van der Waals surface area contributed by atoms with Crippen LogP contribution in [0.5, 0.6) is 0 Å². The van der Waals surface area contributed by atoms with Crippen LogP contribution in [0.25, 0.3) is 0 Å². The van der Waals surface area contributed by atoms with E-state index in [1.54, 1.807) is 12.3 Å². The summed E-state index contributed by atoms with van der Waals surface area (Å²) in [5, 5.41) is 14.2. The normalized spacial score (nSPS) is 12.3. The Balaban J connectivity index is 2.02. The van der Waals surface area contributed by atoms with Crippen molar-refractivity contribution in [3.05, 3.63) is 56.7 Å². The molecule has 6 nitrogen and oxygen atoms in total. The highest BCUT2D eigenvalue weighted by atomic mass is 35.5. The van der Waals surface area contributed by atoms with Crippen LogP contribution in [0.15, 0.2) is 28.8 Å². The molecule has 0 spiro atoms. The number of hydrogen-bond donors (Lipinski definition) is 1. The molecule has 0 aliphatic heterocycles. The zero-order valence-electron chi connectivity index (χ0n) is 11.1. The van der Waals surface area contributed by atoms with E-state index in [1.165, 1.54) is 12.1 Å². The van der Waals surface area contributed by atoms with Crippen LogP contribution >= 0.6 is 11.6 Å². The van der Waals surface area contributed by atoms with Crippen molar-refractivity contribution in [1.82, 2.24) is 10.3 Å². The van der Waals surface area contributed by atoms with Crippen molar-refractivity contribution >= 4 is 17.3 Å². The van der Waals surface area contributed by atoms with Gasteiger partial charge in [-0.15, -0.1) is 0 Å². The van der Waals surface area contributed by atoms with Gasteiger partial charge in [0, 0.05) is 18.7 Å². The molecule has 1 aromatic carbocycles. The van der Waals surface area contributed by atoms with E-state index < -0.39 is 4.92 Å². The Hall–Kier alpha value is -1.92. The summed E-state index contributed by atoms with van der Waals surface area (Å²) in [6.45, 7) is 4.22. The van der Waals surface area contributed by atoms with E-state index in [9.17, 15) is 10.1 Å². The number of nitro benzene ring substituents is 1. The summed E-state index contributed by atoms with van der Waals surface area (Å²) in [6.07, 6.45) is 1.66. The van der Waals surface area contributed by atoms with Crippen LogP contribution < -0.4 is 5.32 Å². The van der Waals surface area contributed by atoms with Gasteiger partial charge < -0.3 is 9.73 Å². The summed E-state index contributed by atoms with van der Waals surface area (Å²) in [5.41, 5.74) is 0.766. The molecule has 1 aromatic heterocycles. The molecule has 0 aliphatic rings. The van der Waals surface area contributed by atoms with Crippen molar-refractivity contribution in [2.24, 2.45) is 0 Å². The minimum absolute atomic E-state index is 0.0184. The van der Waals surface area contributed by atoms with Crippen LogP contribution in [0.3, 0.4) is 0 Å². The van der Waals surface area contributed by atoms with Crippen LogP contribution in [0.1, 0.15) is 30.2 Å². The third-order valence-corrected chi connectivity index (χ3v) is 3.21. The van der Waals surface area contributed by atoms with Crippen molar-refractivity contribution in [2.45, 2.75) is 26.4 Å². The minimum atomic E-state index is -0.471. The van der Waals surface area contributed by atoms with E-state index in [1.807, 2.05) is 13.8 Å². The summed E-state index contributed by atoms with van der Waals surface area (Å²) < 4.78 is 5.42. The molecule has 2 rings (SSSR count). The second kappa shape index (κ2) is 6.02. The van der Waals surface area contributed by atoms with Crippen molar-refractivity contribution in [3.8, 4) is 0 Å². The lowest BCUT2D eigenvalue weighted by Crippen LogP contribution is -2.18. The smallest absolute Gasteiger partial charge is 0.270 e. The number of nitrogens with zero attached hydrogens (tertiary/aromatic N) is 2. The first-order valence-electron chi connectivity index (χ1n) is 6.06. The van der Waals surface area contributed by atoms with E-state index >= 15 is 0 Å². The maximum absolute atomic E-state index is 10.6. The molecule has 0 saturated carbocycles. The zero-order valence-corrected chi connectivity index (χ0v) is 11.8. The Kier molecular flexibility index (Phi) is 4.36. The fourth-order valence-electron chi connectivity index (χ4n) is 1.72. The second-order valence-corrected chi connectivity index (χ2v) is 4.85. The highest BCUT2D eigenvalue weighted by Crippen LogP contribution is 2.23. The summed E-state index contributed by atoms with van der Waals surface area (Å²) in [4.78, 5) is 14.3. The average molecular weight is 296 g/mol. The molecule has 20 heavy (non-hydrogen) atoms. The quantitative estimate of drug-likeness (QED) is 0.675. The van der Waals surface area contributed by atoms with Crippen LogP contribution in [0.2, 0.25) is 5.02 Å². The number of benzene rings is 1. The minimum Gasteiger partial charge on any atom is -0.444 e. The molecular formula is C13H14ClN3O3. The fourth-order valence-corrected chi connectivity index (χ4v) is 1.96. The van der Waals surface area contributed by atoms with E-state index in [0.29, 0.717) is 17.5 Å². The molecule has 1 heterocycles. The third kappa shape index (κ3) is 3.34. The SMILES string of the molecule is Cc1cnc(C(C)NCc2ccc([N+](=O)[O-])cc2Cl)o1. The molecule has 0 bridgehead atoms. The number of nitro groups is 1. The first-order chi connectivity index (χ1) is 9.47. The molecule has 1 atom stereocenters. The average Bonchev–Trinajstić information content (AvgIpc) is 2.83. The second-order valence-electron chi connectivity index (χ2n) is 4.44. The lowest BCUT2D eigenvalue weighted by atomic mass is 10.2. The van der Waals surface area contributed by atoms with Crippen LogP contribution in [0.4, 0.5) is 5.69 Å². The summed E-state index contributed by atoms with van der Waals surface area (Å²) in [7, 11) is 0. The standard InChI is InChI=1S/C13H14ClN3O3/c1-8-6-16-13(20-8)9(2)15-7-10-3-4-11(17(18)19)5-12(10)14/h3-6,9,15H,7H2,1-2H3. The molecule has 1 N–H and O–H groups in total. The van der Waals surface area contributed by atoms with E-state index in [2.05, 4.69) is 10.3 Å². The molecule has 106 valence electrons. The summed E-state index contributed by atoms with van der Waals surface area (Å²) in [6, 6.07) is 4.34. The molecule has 0 fully saturated rings. The number of nitrogens with one attached hydrogen (secondary N) is 1. The van der Waals surface area contributed by atoms with Gasteiger partial charge in [-0.05, 0) is 25.5 Å². The largest absolute Gasteiger partial charge is 0.444 e. The van der Waals surface area contributed by atoms with Gasteiger partial charge in [-0.2, -0.15) is 0 Å². The van der Waals surface area contributed by atoms with Crippen molar-refractivity contribution < 1.29 is 9.34 Å². The molecule has 7 heteroatoms. The van der Waals surface area contributed by atoms with Gasteiger partial charge in [0.15, 0.2) is 0 Å². The van der Waals surface area contributed by atoms with E-state index in [4.69, 9.17) is 16.0 Å². The van der Waals surface area contributed by atoms with Gasteiger partial charge in [-0.25, -0.2) is 4.98 Å². The molecule has 0 radical (unpaired) electrons. The number of rotatable bonds is 5. The van der Waals surface area contributed by atoms with Crippen LogP contribution in [-0.4, -0.2) is 9.91 Å². The Labute approximate surface area is 120 Å². The van der Waals surface area contributed by atoms with Crippen LogP contribution in [-0.2, 0) is 6.54 Å². The molecule has 1 unspecified atom stereocenters. The van der Waals surface area contributed by atoms with E-state index in [0.717, 1.165) is 11.3 Å². The molecular weight excluding hydrogens is 282 g/mol. The summed E-state index contributed by atoms with van der Waals surface area (Å²) >= 11 is 6.02. The maximum Gasteiger partial charge on any atom is 0.270 e. The van der Waals surface area contributed by atoms with Crippen LogP contribution in [0, 0.1) is 17.0 Å². The maximum atomic E-state index is 10.6. The number of halogens is 1. The first-order valence-corrected chi connectivity index (χ1v) is 6.43. The van der Waals surface area contributed by atoms with Crippen molar-refractivity contribution in [1.29, 1.82) is 0 Å². The van der Waals surface area contributed by atoms with Gasteiger partial charge in [-0.3, -0.25) is 10.1 Å². The van der Waals surface area contributed by atoms with Gasteiger partial charge in [0.2, 0.25) is 5.89 Å². The number of oxazole rings is 1. The summed E-state index contributed by atoms with van der Waals surface area (Å²) in [5.74, 6) is 1.35. The highest BCUT2D eigenvalue weighted by molar-refractivity contribution is 6.31. The van der Waals surface area contributed by atoms with Gasteiger partial charge >= 0.3 is 0 Å². The highest BCUT2D eigenvalue weighted by Gasteiger charge is 2.13. The lowest BCUT2D eigenvalue weighted by Gasteiger charge is -2.11. The molecule has 0 aliphatic carbocycles. The van der Waals surface area contributed by atoms with Gasteiger partial charge in [-0.1, -0.05) is 11.6 Å². The Morgan fingerprint density at radius 1 is 1.55 bits per heavy atom. The van der Waals surface area contributed by atoms with Gasteiger partial charge in [0.05, 0.1) is 22.2 Å². The molecule has 0 amide bonds. The monoisotopic (exact) mass is 295 g/mol. The first kappa shape index (κ1) is 14.5. The van der Waals surface area contributed by atoms with Gasteiger partial charge in [0.25, 0.3) is 5.69 Å². The predicted octanol–water partition coefficient (Wildman–Crippen LogP) is 3.40. The zero-order chi connectivity index (χ0) is 14.7. The number of hydrogen-bond acceptors (Lipinski definition) is 5. The Bertz CT molecular complexity index is 627. The Morgan fingerprint density at radius 3 is 2.85 bits per heavy atom.